The summed E-state index contributed by atoms with van der Waals surface area (Å²) in [5, 5.41) is 3.52. The van der Waals surface area contributed by atoms with E-state index in [2.05, 4.69) is 56.4 Å². The smallest absolute Gasteiger partial charge is 0.240 e. The van der Waals surface area contributed by atoms with E-state index in [1.165, 1.54) is 5.56 Å². The molecule has 1 fully saturated rings. The second-order valence-electron chi connectivity index (χ2n) is 7.20. The van der Waals surface area contributed by atoms with Gasteiger partial charge < -0.3 is 15.0 Å². The number of aryl methyl sites for hydroxylation is 1. The second kappa shape index (κ2) is 9.80. The number of amides is 1. The van der Waals surface area contributed by atoms with Gasteiger partial charge in [0.05, 0.1) is 19.3 Å². The maximum absolute atomic E-state index is 12.7. The van der Waals surface area contributed by atoms with E-state index >= 15 is 0 Å². The molecule has 2 atom stereocenters. The van der Waals surface area contributed by atoms with Crippen LogP contribution in [0.15, 0.2) is 30.3 Å². The second-order valence-corrected chi connectivity index (χ2v) is 7.20. The number of ether oxygens (including phenoxy) is 1. The fourth-order valence-corrected chi connectivity index (χ4v) is 3.08. The highest BCUT2D eigenvalue weighted by Gasteiger charge is 2.28. The number of hydrogen-bond acceptors (Lipinski definition) is 3. The largest absolute Gasteiger partial charge is 0.378 e. The average molecular weight is 332 g/mol. The molecule has 0 radical (unpaired) electrons. The van der Waals surface area contributed by atoms with Gasteiger partial charge in [0.15, 0.2) is 0 Å². The van der Waals surface area contributed by atoms with Gasteiger partial charge in [0.2, 0.25) is 5.91 Å². The Labute approximate surface area is 146 Å². The molecule has 0 spiro atoms. The van der Waals surface area contributed by atoms with Gasteiger partial charge in [-0.25, -0.2) is 0 Å². The topological polar surface area (TPSA) is 41.6 Å². The highest BCUT2D eigenvalue weighted by molar-refractivity contribution is 5.82. The lowest BCUT2D eigenvalue weighted by molar-refractivity contribution is -0.138. The van der Waals surface area contributed by atoms with Crippen LogP contribution in [-0.4, -0.2) is 49.7 Å². The quantitative estimate of drug-likeness (QED) is 0.796. The van der Waals surface area contributed by atoms with Gasteiger partial charge in [-0.1, -0.05) is 51.1 Å². The monoisotopic (exact) mass is 332 g/mol. The summed E-state index contributed by atoms with van der Waals surface area (Å²) in [7, 11) is 0. The zero-order valence-corrected chi connectivity index (χ0v) is 15.3. The third-order valence-electron chi connectivity index (χ3n) is 4.71. The summed E-state index contributed by atoms with van der Waals surface area (Å²) >= 11 is 0. The lowest BCUT2D eigenvalue weighted by Crippen LogP contribution is -2.53. The maximum Gasteiger partial charge on any atom is 0.240 e. The van der Waals surface area contributed by atoms with Crippen LogP contribution in [0.3, 0.4) is 0 Å². The van der Waals surface area contributed by atoms with Crippen LogP contribution >= 0.6 is 0 Å². The molecule has 1 aromatic carbocycles. The molecule has 1 N–H and O–H groups in total. The molecule has 1 amide bonds. The van der Waals surface area contributed by atoms with Crippen LogP contribution in [0.5, 0.6) is 0 Å². The van der Waals surface area contributed by atoms with Crippen molar-refractivity contribution in [1.82, 2.24) is 10.2 Å². The fourth-order valence-electron chi connectivity index (χ4n) is 3.08. The van der Waals surface area contributed by atoms with Crippen molar-refractivity contribution in [3.8, 4) is 0 Å². The zero-order chi connectivity index (χ0) is 17.4. The first-order chi connectivity index (χ1) is 11.6. The van der Waals surface area contributed by atoms with Crippen molar-refractivity contribution >= 4 is 5.91 Å². The molecular weight excluding hydrogens is 300 g/mol. The molecule has 4 heteroatoms. The molecule has 1 aromatic rings. The van der Waals surface area contributed by atoms with Crippen LogP contribution in [0.1, 0.15) is 32.8 Å². The maximum atomic E-state index is 12.7. The molecular formula is C20H32N2O2. The Morgan fingerprint density at radius 3 is 2.46 bits per heavy atom. The highest BCUT2D eigenvalue weighted by Crippen LogP contribution is 2.12. The molecule has 24 heavy (non-hydrogen) atoms. The number of rotatable bonds is 8. The van der Waals surface area contributed by atoms with E-state index in [-0.39, 0.29) is 11.9 Å². The van der Waals surface area contributed by atoms with E-state index in [1.807, 2.05) is 4.90 Å². The number of morpholine rings is 1. The minimum absolute atomic E-state index is 0.0951. The predicted molar refractivity (Wildman–Crippen MR) is 98.0 cm³/mol. The number of nitrogens with one attached hydrogen (secondary N) is 1. The summed E-state index contributed by atoms with van der Waals surface area (Å²) in [6.45, 7) is 10.1. The van der Waals surface area contributed by atoms with E-state index in [0.29, 0.717) is 38.1 Å². The molecule has 0 aromatic heterocycles. The Kier molecular flexibility index (Phi) is 7.73. The first-order valence-electron chi connectivity index (χ1n) is 9.21. The third kappa shape index (κ3) is 5.91. The number of benzene rings is 1. The molecule has 4 nitrogen and oxygen atoms in total. The van der Waals surface area contributed by atoms with Crippen molar-refractivity contribution in [2.45, 2.75) is 39.7 Å². The molecule has 0 aliphatic carbocycles. The van der Waals surface area contributed by atoms with Crippen molar-refractivity contribution in [2.24, 2.45) is 11.8 Å². The van der Waals surface area contributed by atoms with Gasteiger partial charge in [-0.15, -0.1) is 0 Å². The van der Waals surface area contributed by atoms with E-state index in [4.69, 9.17) is 4.74 Å². The zero-order valence-electron chi connectivity index (χ0n) is 15.3. The molecule has 1 aliphatic rings. The highest BCUT2D eigenvalue weighted by atomic mass is 16.5. The van der Waals surface area contributed by atoms with Crippen molar-refractivity contribution in [3.63, 3.8) is 0 Å². The summed E-state index contributed by atoms with van der Waals surface area (Å²) < 4.78 is 5.35. The van der Waals surface area contributed by atoms with Gasteiger partial charge in [-0.3, -0.25) is 4.79 Å². The van der Waals surface area contributed by atoms with Crippen LogP contribution < -0.4 is 5.32 Å². The first-order valence-corrected chi connectivity index (χ1v) is 9.21. The Morgan fingerprint density at radius 2 is 1.83 bits per heavy atom. The van der Waals surface area contributed by atoms with Gasteiger partial charge in [0.25, 0.3) is 0 Å². The predicted octanol–water partition coefficient (Wildman–Crippen LogP) is 2.73. The summed E-state index contributed by atoms with van der Waals surface area (Å²) in [6.07, 6.45) is 2.22. The molecule has 134 valence electrons. The van der Waals surface area contributed by atoms with E-state index in [9.17, 15) is 4.79 Å². The average Bonchev–Trinajstić information content (AvgIpc) is 2.61. The van der Waals surface area contributed by atoms with Gasteiger partial charge in [0, 0.05) is 13.1 Å². The van der Waals surface area contributed by atoms with Gasteiger partial charge in [0.1, 0.15) is 0 Å². The van der Waals surface area contributed by atoms with Crippen molar-refractivity contribution < 1.29 is 9.53 Å². The molecule has 1 heterocycles. The Balaban J connectivity index is 1.78. The van der Waals surface area contributed by atoms with Crippen LogP contribution in [0.2, 0.25) is 0 Å². The summed E-state index contributed by atoms with van der Waals surface area (Å²) in [6, 6.07) is 10.5. The summed E-state index contributed by atoms with van der Waals surface area (Å²) in [5.41, 5.74) is 1.38. The molecule has 2 rings (SSSR count). The molecule has 0 bridgehead atoms. The number of hydrogen-bond donors (Lipinski definition) is 1. The van der Waals surface area contributed by atoms with Crippen LogP contribution in [0, 0.1) is 11.8 Å². The Morgan fingerprint density at radius 1 is 1.17 bits per heavy atom. The van der Waals surface area contributed by atoms with E-state index < -0.39 is 0 Å². The molecule has 1 saturated heterocycles. The van der Waals surface area contributed by atoms with Crippen molar-refractivity contribution in [3.05, 3.63) is 35.9 Å². The van der Waals surface area contributed by atoms with Gasteiger partial charge in [-0.2, -0.15) is 0 Å². The van der Waals surface area contributed by atoms with E-state index in [1.54, 1.807) is 0 Å². The standard InChI is InChI=1S/C20H32N2O2/c1-16(2)19(20(23)22-11-13-24-14-12-22)21-15-17(3)9-10-18-7-5-4-6-8-18/h4-8,16-17,19,21H,9-15H2,1-3H3/t17-,19+/m0/s1. The summed E-state index contributed by atoms with van der Waals surface area (Å²) in [5.74, 6) is 1.06. The third-order valence-corrected chi connectivity index (χ3v) is 4.71. The van der Waals surface area contributed by atoms with E-state index in [0.717, 1.165) is 19.4 Å². The van der Waals surface area contributed by atoms with Crippen LogP contribution in [-0.2, 0) is 16.0 Å². The van der Waals surface area contributed by atoms with Crippen molar-refractivity contribution in [2.75, 3.05) is 32.8 Å². The minimum Gasteiger partial charge on any atom is -0.378 e. The molecule has 1 aliphatic heterocycles. The number of carbonyl (C=O) groups is 1. The summed E-state index contributed by atoms with van der Waals surface area (Å²) in [4.78, 5) is 14.7. The van der Waals surface area contributed by atoms with Crippen molar-refractivity contribution in [1.29, 1.82) is 0 Å². The number of carbonyl (C=O) groups excluding carboxylic acids is 1. The Bertz CT molecular complexity index is 484. The lowest BCUT2D eigenvalue weighted by Gasteiger charge is -2.32. The first kappa shape index (κ1) is 18.9. The van der Waals surface area contributed by atoms with Crippen LogP contribution in [0.4, 0.5) is 0 Å². The lowest BCUT2D eigenvalue weighted by atomic mass is 9.98. The fraction of sp³-hybridized carbons (Fsp3) is 0.650. The SMILES string of the molecule is CC(C)[C@@H](NC[C@@H](C)CCc1ccccc1)C(=O)N1CCOCC1. The number of nitrogens with zero attached hydrogens (tertiary/aromatic N) is 1. The Hall–Kier alpha value is -1.39. The van der Waals surface area contributed by atoms with Crippen LogP contribution in [0.25, 0.3) is 0 Å². The van der Waals surface area contributed by atoms with Gasteiger partial charge >= 0.3 is 0 Å². The molecule has 0 saturated carbocycles. The normalized spacial score (nSPS) is 17.8. The van der Waals surface area contributed by atoms with Gasteiger partial charge in [-0.05, 0) is 36.8 Å². The molecule has 0 unspecified atom stereocenters. The minimum atomic E-state index is -0.0951.